The first kappa shape index (κ1) is 34.3. The minimum absolute atomic E-state index is 0.0983. The number of allylic oxidation sites excluding steroid dienone is 6. The summed E-state index contributed by atoms with van der Waals surface area (Å²) in [5, 5.41) is 0. The summed E-state index contributed by atoms with van der Waals surface area (Å²) in [6, 6.07) is 7.80. The van der Waals surface area contributed by atoms with Crippen LogP contribution in [0.2, 0.25) is 0 Å². The number of rotatable bonds is 23. The quantitative estimate of drug-likeness (QED) is 0.0647. The molecule has 0 aromatic heterocycles. The second-order valence-corrected chi connectivity index (χ2v) is 12.0. The van der Waals surface area contributed by atoms with E-state index in [9.17, 15) is 9.46 Å². The maximum Gasteiger partial charge on any atom is 0.472 e. The van der Waals surface area contributed by atoms with Crippen LogP contribution in [0.25, 0.3) is 0 Å². The first-order valence-corrected chi connectivity index (χ1v) is 15.8. The van der Waals surface area contributed by atoms with Crippen LogP contribution >= 0.6 is 7.82 Å². The number of phosphoric ester groups is 1. The smallest absolute Gasteiger partial charge is 0.472 e. The van der Waals surface area contributed by atoms with Crippen LogP contribution < -0.4 is 4.74 Å². The zero-order chi connectivity index (χ0) is 28.0. The largest absolute Gasteiger partial charge is 0.493 e. The Labute approximate surface area is 232 Å². The van der Waals surface area contributed by atoms with E-state index >= 15 is 0 Å². The Hall–Kier alpha value is -1.69. The highest BCUT2D eigenvalue weighted by Gasteiger charge is 2.22. The lowest BCUT2D eigenvalue weighted by Crippen LogP contribution is -2.37. The van der Waals surface area contributed by atoms with Gasteiger partial charge in [-0.1, -0.05) is 87.3 Å². The number of nitrogens with zero attached hydrogens (tertiary/aromatic N) is 1. The molecule has 1 aromatic carbocycles. The molecule has 0 amide bonds. The molecule has 7 heteroatoms. The minimum atomic E-state index is -4.05. The average Bonchev–Trinajstić information content (AvgIpc) is 2.85. The van der Waals surface area contributed by atoms with Crippen LogP contribution in [-0.4, -0.2) is 56.9 Å². The van der Waals surface area contributed by atoms with Gasteiger partial charge in [0.25, 0.3) is 0 Å². The van der Waals surface area contributed by atoms with Crippen LogP contribution in [0.15, 0.2) is 60.7 Å². The highest BCUT2D eigenvalue weighted by molar-refractivity contribution is 7.47. The highest BCUT2D eigenvalue weighted by atomic mass is 31.2. The van der Waals surface area contributed by atoms with Gasteiger partial charge in [-0.05, 0) is 50.2 Å². The van der Waals surface area contributed by atoms with Crippen molar-refractivity contribution in [2.75, 3.05) is 47.5 Å². The molecule has 0 bridgehead atoms. The standard InChI is InChI=1S/C31H52NO5P/c1-5-6-7-8-9-10-11-12-13-14-15-16-17-18-19-22-27-35-31-24-21-20-23-30(31)25-28-36-38(33,34)37-29-26-32(2,3)4/h6-7,9-10,12-13,20-21,23-24H,5,8,11,14-19,22,25-29H2,1-4H3/p+1/b7-6-,10-9-,13-12-. The van der Waals surface area contributed by atoms with Crippen molar-refractivity contribution in [3.8, 4) is 5.75 Å². The molecular weight excluding hydrogens is 497 g/mol. The van der Waals surface area contributed by atoms with Gasteiger partial charge < -0.3 is 14.1 Å². The molecule has 1 rings (SSSR count). The zero-order valence-electron chi connectivity index (χ0n) is 24.4. The fraction of sp³-hybridized carbons (Fsp3) is 0.613. The van der Waals surface area contributed by atoms with Gasteiger partial charge in [0.1, 0.15) is 18.9 Å². The second-order valence-electron chi connectivity index (χ2n) is 10.6. The van der Waals surface area contributed by atoms with Gasteiger partial charge in [0.2, 0.25) is 0 Å². The van der Waals surface area contributed by atoms with Crippen LogP contribution in [0.1, 0.15) is 76.7 Å². The predicted octanol–water partition coefficient (Wildman–Crippen LogP) is 8.04. The number of hydrogen-bond acceptors (Lipinski definition) is 4. The number of hydrogen-bond donors (Lipinski definition) is 1. The van der Waals surface area contributed by atoms with Crippen molar-refractivity contribution in [2.45, 2.75) is 77.6 Å². The zero-order valence-corrected chi connectivity index (χ0v) is 25.2. The third-order valence-electron chi connectivity index (χ3n) is 5.92. The molecule has 0 saturated heterocycles. The van der Waals surface area contributed by atoms with E-state index in [4.69, 9.17) is 13.8 Å². The van der Waals surface area contributed by atoms with Crippen molar-refractivity contribution in [2.24, 2.45) is 0 Å². The lowest BCUT2D eigenvalue weighted by molar-refractivity contribution is -0.870. The Morgan fingerprint density at radius 1 is 0.789 bits per heavy atom. The molecule has 1 unspecified atom stereocenters. The van der Waals surface area contributed by atoms with E-state index in [1.165, 1.54) is 32.1 Å². The Morgan fingerprint density at radius 3 is 2.11 bits per heavy atom. The number of phosphoric acid groups is 1. The summed E-state index contributed by atoms with van der Waals surface area (Å²) in [5.41, 5.74) is 0.968. The Kier molecular flexibility index (Phi) is 19.1. The van der Waals surface area contributed by atoms with Crippen LogP contribution in [0.4, 0.5) is 0 Å². The van der Waals surface area contributed by atoms with Crippen LogP contribution in [0, 0.1) is 0 Å². The van der Waals surface area contributed by atoms with Crippen LogP contribution in [0.3, 0.4) is 0 Å². The van der Waals surface area contributed by atoms with Crippen molar-refractivity contribution in [1.82, 2.24) is 0 Å². The summed E-state index contributed by atoms with van der Waals surface area (Å²) < 4.78 is 29.0. The normalized spacial score (nSPS) is 14.1. The van der Waals surface area contributed by atoms with Crippen molar-refractivity contribution >= 4 is 7.82 Å². The van der Waals surface area contributed by atoms with Crippen LogP contribution in [0.5, 0.6) is 5.75 Å². The molecule has 0 aliphatic carbocycles. The van der Waals surface area contributed by atoms with Gasteiger partial charge in [0, 0.05) is 6.42 Å². The number of quaternary nitrogens is 1. The molecule has 0 heterocycles. The number of benzene rings is 1. The first-order valence-electron chi connectivity index (χ1n) is 14.3. The molecule has 1 atom stereocenters. The summed E-state index contributed by atoms with van der Waals surface area (Å²) in [6.45, 7) is 3.73. The maximum atomic E-state index is 12.1. The van der Waals surface area contributed by atoms with E-state index in [2.05, 4.69) is 43.4 Å². The number of para-hydroxylation sites is 1. The Bertz CT molecular complexity index is 860. The number of likely N-dealkylation sites (N-methyl/N-ethyl adjacent to an activating group) is 1. The molecular formula is C31H53NO5P+. The molecule has 6 nitrogen and oxygen atoms in total. The van der Waals surface area contributed by atoms with Crippen LogP contribution in [-0.2, 0) is 20.0 Å². The van der Waals surface area contributed by atoms with Gasteiger partial charge in [0.15, 0.2) is 0 Å². The summed E-state index contributed by atoms with van der Waals surface area (Å²) in [6.07, 6.45) is 25.5. The summed E-state index contributed by atoms with van der Waals surface area (Å²) >= 11 is 0. The minimum Gasteiger partial charge on any atom is -0.493 e. The van der Waals surface area contributed by atoms with E-state index in [1.807, 2.05) is 45.4 Å². The second kappa shape index (κ2) is 21.2. The molecule has 1 N–H and O–H groups in total. The highest BCUT2D eigenvalue weighted by Crippen LogP contribution is 2.43. The molecule has 1 aromatic rings. The van der Waals surface area contributed by atoms with E-state index in [0.29, 0.717) is 24.1 Å². The molecule has 216 valence electrons. The number of ether oxygens (including phenoxy) is 1. The SMILES string of the molecule is CC/C=C\C/C=C\C/C=C\CCCCCCCCOc1ccccc1CCOP(=O)(O)OCC[N+](C)(C)C. The molecule has 0 radical (unpaired) electrons. The summed E-state index contributed by atoms with van der Waals surface area (Å²) in [7, 11) is 1.95. The van der Waals surface area contributed by atoms with E-state index < -0.39 is 7.82 Å². The van der Waals surface area contributed by atoms with Crippen molar-refractivity contribution in [3.05, 3.63) is 66.3 Å². The topological polar surface area (TPSA) is 65.0 Å². The van der Waals surface area contributed by atoms with Gasteiger partial charge in [-0.15, -0.1) is 0 Å². The van der Waals surface area contributed by atoms with Crippen molar-refractivity contribution in [3.63, 3.8) is 0 Å². The molecule has 38 heavy (non-hydrogen) atoms. The van der Waals surface area contributed by atoms with Crippen molar-refractivity contribution in [1.29, 1.82) is 0 Å². The van der Waals surface area contributed by atoms with E-state index in [1.54, 1.807) is 0 Å². The van der Waals surface area contributed by atoms with Gasteiger partial charge in [-0.3, -0.25) is 9.05 Å². The van der Waals surface area contributed by atoms with Gasteiger partial charge in [-0.2, -0.15) is 0 Å². The lowest BCUT2D eigenvalue weighted by Gasteiger charge is -2.24. The molecule has 0 aliphatic heterocycles. The first-order chi connectivity index (χ1) is 18.2. The summed E-state index contributed by atoms with van der Waals surface area (Å²) in [5.74, 6) is 0.814. The van der Waals surface area contributed by atoms with Gasteiger partial charge in [-0.25, -0.2) is 4.57 Å². The maximum absolute atomic E-state index is 12.1. The monoisotopic (exact) mass is 550 g/mol. The Balaban J connectivity index is 2.11. The van der Waals surface area contributed by atoms with E-state index in [0.717, 1.165) is 43.4 Å². The fourth-order valence-corrected chi connectivity index (χ4v) is 4.38. The molecule has 0 saturated carbocycles. The molecule has 0 fully saturated rings. The fourth-order valence-electron chi connectivity index (χ4n) is 3.67. The number of unbranched alkanes of at least 4 members (excludes halogenated alkanes) is 6. The molecule has 0 aliphatic rings. The molecule has 0 spiro atoms. The third kappa shape index (κ3) is 20.3. The Morgan fingerprint density at radius 2 is 1.39 bits per heavy atom. The van der Waals surface area contributed by atoms with Gasteiger partial charge in [0.05, 0.1) is 34.4 Å². The van der Waals surface area contributed by atoms with E-state index in [-0.39, 0.29) is 13.2 Å². The average molecular weight is 551 g/mol. The predicted molar refractivity (Wildman–Crippen MR) is 160 cm³/mol. The van der Waals surface area contributed by atoms with Crippen molar-refractivity contribution < 1.29 is 27.7 Å². The summed E-state index contributed by atoms with van der Waals surface area (Å²) in [4.78, 5) is 9.89. The third-order valence-corrected chi connectivity index (χ3v) is 6.94. The van der Waals surface area contributed by atoms with Gasteiger partial charge >= 0.3 is 7.82 Å². The lowest BCUT2D eigenvalue weighted by atomic mass is 10.1.